The second-order valence-electron chi connectivity index (χ2n) is 6.85. The fraction of sp³-hybridized carbons (Fsp3) is 0.174. The van der Waals surface area contributed by atoms with Gasteiger partial charge in [0.1, 0.15) is 29.1 Å². The third kappa shape index (κ3) is 5.89. The molecule has 3 aromatic rings. The topological polar surface area (TPSA) is 84.5 Å². The summed E-state index contributed by atoms with van der Waals surface area (Å²) >= 11 is 0. The molecule has 1 amide bonds. The predicted octanol–water partition coefficient (Wildman–Crippen LogP) is 3.89. The highest BCUT2D eigenvalue weighted by atomic mass is 32.2. The molecule has 2 N–H and O–H groups in total. The standard InChI is InChI=1S/C23H22F2N2O4S/c1-2-31-17-11-13-18(14-12-17)32(29,30)27-21(15-16-7-4-3-5-8-16)23(28)26-22-19(24)9-6-10-20(22)25/h3-14,21,27H,2,15H2,1H3,(H,26,28)/t21-/m0/s1. The van der Waals surface area contributed by atoms with E-state index >= 15 is 0 Å². The highest BCUT2D eigenvalue weighted by molar-refractivity contribution is 7.89. The average molecular weight is 461 g/mol. The molecular formula is C23H22F2N2O4S. The van der Waals surface area contributed by atoms with Crippen LogP contribution in [0.15, 0.2) is 77.7 Å². The fourth-order valence-electron chi connectivity index (χ4n) is 3.00. The molecule has 0 aliphatic rings. The van der Waals surface area contributed by atoms with Crippen molar-refractivity contribution < 1.29 is 26.7 Å². The summed E-state index contributed by atoms with van der Waals surface area (Å²) in [6.07, 6.45) is -0.0288. The van der Waals surface area contributed by atoms with E-state index in [0.29, 0.717) is 17.9 Å². The first-order chi connectivity index (χ1) is 15.3. The van der Waals surface area contributed by atoms with Gasteiger partial charge in [-0.05, 0) is 55.3 Å². The van der Waals surface area contributed by atoms with Crippen LogP contribution in [-0.4, -0.2) is 27.0 Å². The van der Waals surface area contributed by atoms with Crippen LogP contribution in [0.25, 0.3) is 0 Å². The van der Waals surface area contributed by atoms with Crippen LogP contribution in [0.3, 0.4) is 0 Å². The Labute approximate surface area is 185 Å². The van der Waals surface area contributed by atoms with E-state index < -0.39 is 39.3 Å². The molecular weight excluding hydrogens is 438 g/mol. The Balaban J connectivity index is 1.87. The number of ether oxygens (including phenoxy) is 1. The van der Waals surface area contributed by atoms with Crippen LogP contribution in [0.5, 0.6) is 5.75 Å². The zero-order chi connectivity index (χ0) is 23.1. The van der Waals surface area contributed by atoms with Crippen molar-refractivity contribution >= 4 is 21.6 Å². The molecule has 3 rings (SSSR count). The van der Waals surface area contributed by atoms with Crippen LogP contribution >= 0.6 is 0 Å². The van der Waals surface area contributed by atoms with E-state index in [0.717, 1.165) is 18.2 Å². The number of rotatable bonds is 9. The lowest BCUT2D eigenvalue weighted by Crippen LogP contribution is -2.45. The van der Waals surface area contributed by atoms with Crippen LogP contribution in [0.2, 0.25) is 0 Å². The molecule has 0 aromatic heterocycles. The maximum atomic E-state index is 14.0. The van der Waals surface area contributed by atoms with Gasteiger partial charge in [0.15, 0.2) is 0 Å². The van der Waals surface area contributed by atoms with Gasteiger partial charge < -0.3 is 10.1 Å². The highest BCUT2D eigenvalue weighted by Gasteiger charge is 2.27. The monoisotopic (exact) mass is 460 g/mol. The van der Waals surface area contributed by atoms with E-state index in [-0.39, 0.29) is 11.3 Å². The van der Waals surface area contributed by atoms with Gasteiger partial charge in [0.2, 0.25) is 15.9 Å². The van der Waals surface area contributed by atoms with Crippen molar-refractivity contribution in [2.24, 2.45) is 0 Å². The summed E-state index contributed by atoms with van der Waals surface area (Å²) in [6, 6.07) is 16.2. The Bertz CT molecular complexity index is 1150. The highest BCUT2D eigenvalue weighted by Crippen LogP contribution is 2.20. The van der Waals surface area contributed by atoms with Crippen molar-refractivity contribution in [1.82, 2.24) is 4.72 Å². The summed E-state index contributed by atoms with van der Waals surface area (Å²) in [5.74, 6) is -2.33. The number of sulfonamides is 1. The zero-order valence-electron chi connectivity index (χ0n) is 17.2. The predicted molar refractivity (Wildman–Crippen MR) is 117 cm³/mol. The molecule has 3 aromatic carbocycles. The molecule has 0 aliphatic heterocycles. The molecule has 0 saturated carbocycles. The Morgan fingerprint density at radius 3 is 2.16 bits per heavy atom. The van der Waals surface area contributed by atoms with Crippen molar-refractivity contribution in [3.63, 3.8) is 0 Å². The maximum absolute atomic E-state index is 14.0. The first-order valence-corrected chi connectivity index (χ1v) is 11.3. The molecule has 0 fully saturated rings. The zero-order valence-corrected chi connectivity index (χ0v) is 18.0. The maximum Gasteiger partial charge on any atom is 0.243 e. The minimum absolute atomic E-state index is 0.0288. The van der Waals surface area contributed by atoms with Gasteiger partial charge in [-0.1, -0.05) is 36.4 Å². The minimum Gasteiger partial charge on any atom is -0.494 e. The summed E-state index contributed by atoms with van der Waals surface area (Å²) in [7, 11) is -4.12. The second kappa shape index (κ2) is 10.3. The molecule has 0 heterocycles. The van der Waals surface area contributed by atoms with Crippen LogP contribution in [0, 0.1) is 11.6 Å². The fourth-order valence-corrected chi connectivity index (χ4v) is 4.20. The molecule has 0 saturated heterocycles. The second-order valence-corrected chi connectivity index (χ2v) is 8.57. The van der Waals surface area contributed by atoms with Gasteiger partial charge in [0.05, 0.1) is 11.5 Å². The quantitative estimate of drug-likeness (QED) is 0.507. The third-order valence-corrected chi connectivity index (χ3v) is 6.04. The number of nitrogens with one attached hydrogen (secondary N) is 2. The Morgan fingerprint density at radius 1 is 0.938 bits per heavy atom. The summed E-state index contributed by atoms with van der Waals surface area (Å²) in [5, 5.41) is 2.16. The molecule has 1 atom stereocenters. The number of benzene rings is 3. The van der Waals surface area contributed by atoms with Crippen LogP contribution in [0.1, 0.15) is 12.5 Å². The van der Waals surface area contributed by atoms with Gasteiger partial charge in [0, 0.05) is 0 Å². The van der Waals surface area contributed by atoms with Gasteiger partial charge in [-0.25, -0.2) is 17.2 Å². The van der Waals surface area contributed by atoms with Crippen molar-refractivity contribution in [3.05, 3.63) is 90.0 Å². The average Bonchev–Trinajstić information content (AvgIpc) is 2.77. The molecule has 9 heteroatoms. The normalized spacial score (nSPS) is 12.2. The lowest BCUT2D eigenvalue weighted by molar-refractivity contribution is -0.117. The Morgan fingerprint density at radius 2 is 1.56 bits per heavy atom. The van der Waals surface area contributed by atoms with Crippen molar-refractivity contribution in [2.75, 3.05) is 11.9 Å². The van der Waals surface area contributed by atoms with E-state index in [1.807, 2.05) is 0 Å². The Kier molecular flexibility index (Phi) is 7.55. The molecule has 0 radical (unpaired) electrons. The molecule has 6 nitrogen and oxygen atoms in total. The third-order valence-electron chi connectivity index (χ3n) is 4.55. The van der Waals surface area contributed by atoms with E-state index in [1.54, 1.807) is 37.3 Å². The number of amides is 1. The molecule has 32 heavy (non-hydrogen) atoms. The SMILES string of the molecule is CCOc1ccc(S(=O)(=O)N[C@@H](Cc2ccccc2)C(=O)Nc2c(F)cccc2F)cc1. The molecule has 0 bridgehead atoms. The number of carbonyl (C=O) groups is 1. The minimum atomic E-state index is -4.12. The van der Waals surface area contributed by atoms with E-state index in [4.69, 9.17) is 4.74 Å². The van der Waals surface area contributed by atoms with E-state index in [1.165, 1.54) is 24.3 Å². The van der Waals surface area contributed by atoms with Gasteiger partial charge in [-0.2, -0.15) is 4.72 Å². The van der Waals surface area contributed by atoms with Gasteiger partial charge in [0.25, 0.3) is 0 Å². The molecule has 0 unspecified atom stereocenters. The summed E-state index contributed by atoms with van der Waals surface area (Å²) in [6.45, 7) is 2.23. The van der Waals surface area contributed by atoms with E-state index in [9.17, 15) is 22.0 Å². The number of carbonyl (C=O) groups excluding carboxylic acids is 1. The lowest BCUT2D eigenvalue weighted by Gasteiger charge is -2.19. The van der Waals surface area contributed by atoms with Gasteiger partial charge in [-0.15, -0.1) is 0 Å². The number of hydrogen-bond donors (Lipinski definition) is 2. The van der Waals surface area contributed by atoms with Gasteiger partial charge >= 0.3 is 0 Å². The van der Waals surface area contributed by atoms with Crippen LogP contribution in [-0.2, 0) is 21.2 Å². The van der Waals surface area contributed by atoms with Crippen LogP contribution in [0.4, 0.5) is 14.5 Å². The lowest BCUT2D eigenvalue weighted by atomic mass is 10.1. The number of hydrogen-bond acceptors (Lipinski definition) is 4. The number of para-hydroxylation sites is 1. The molecule has 0 aliphatic carbocycles. The van der Waals surface area contributed by atoms with Gasteiger partial charge in [-0.3, -0.25) is 4.79 Å². The molecule has 168 valence electrons. The smallest absolute Gasteiger partial charge is 0.243 e. The first kappa shape index (κ1) is 23.4. The first-order valence-electron chi connectivity index (χ1n) is 9.84. The van der Waals surface area contributed by atoms with Crippen LogP contribution < -0.4 is 14.8 Å². The van der Waals surface area contributed by atoms with Crippen molar-refractivity contribution in [2.45, 2.75) is 24.3 Å². The number of halogens is 2. The summed E-state index contributed by atoms with van der Waals surface area (Å²) < 4.78 is 61.5. The largest absolute Gasteiger partial charge is 0.494 e. The molecule has 0 spiro atoms. The Hall–Kier alpha value is -3.30. The van der Waals surface area contributed by atoms with Crippen molar-refractivity contribution in [1.29, 1.82) is 0 Å². The number of anilines is 1. The van der Waals surface area contributed by atoms with E-state index in [2.05, 4.69) is 10.0 Å². The summed E-state index contributed by atoms with van der Waals surface area (Å²) in [4.78, 5) is 12.8. The van der Waals surface area contributed by atoms with Crippen molar-refractivity contribution in [3.8, 4) is 5.75 Å². The summed E-state index contributed by atoms with van der Waals surface area (Å²) in [5.41, 5.74) is 0.0203.